The number of carbonyl (C=O) groups excluding carboxylic acids is 3. The fourth-order valence-corrected chi connectivity index (χ4v) is 7.46. The molecule has 2 amide bonds. The van der Waals surface area contributed by atoms with Crippen molar-refractivity contribution in [2.45, 2.75) is 56.1 Å². The van der Waals surface area contributed by atoms with Gasteiger partial charge in [0.1, 0.15) is 10.3 Å². The maximum Gasteiger partial charge on any atom is 0.341 e. The lowest BCUT2D eigenvalue weighted by atomic mass is 10.1. The second-order valence-electron chi connectivity index (χ2n) is 10.2. The van der Waals surface area contributed by atoms with E-state index in [-0.39, 0.29) is 24.4 Å². The molecule has 1 aliphatic rings. The van der Waals surface area contributed by atoms with Crippen LogP contribution in [0.1, 0.15) is 73.7 Å². The molecular weight excluding hydrogens is 565 g/mol. The van der Waals surface area contributed by atoms with Crippen molar-refractivity contribution in [1.29, 1.82) is 0 Å². The molecule has 5 rings (SSSR count). The summed E-state index contributed by atoms with van der Waals surface area (Å²) in [6, 6.07) is 24.5. The number of carbonyl (C=O) groups is 3. The molecule has 0 spiro atoms. The van der Waals surface area contributed by atoms with Crippen molar-refractivity contribution >= 4 is 51.6 Å². The van der Waals surface area contributed by atoms with Crippen molar-refractivity contribution in [3.05, 3.63) is 112 Å². The molecule has 0 aliphatic heterocycles. The SMILES string of the molecule is CCOC(=O)c1c(NC(=O)C(Sc2cccc(NC(=O)c3cccc(C)c3)c2)c2ccccc2)sc2c1CCCCC2. The highest BCUT2D eigenvalue weighted by atomic mass is 32.2. The van der Waals surface area contributed by atoms with Crippen molar-refractivity contribution in [2.75, 3.05) is 17.2 Å². The van der Waals surface area contributed by atoms with Crippen LogP contribution in [-0.2, 0) is 22.4 Å². The standard InChI is InChI=1S/C34H34N2O4S2/c1-3-40-34(39)29-27-18-8-5-9-19-28(27)42-33(29)36-32(38)30(23-13-6-4-7-14-23)41-26-17-11-16-25(21-26)35-31(37)24-15-10-12-22(2)20-24/h4,6-7,10-17,20-21,30H,3,5,8-9,18-19H2,1-2H3,(H,35,37)(H,36,38). The quantitative estimate of drug-likeness (QED) is 0.115. The predicted octanol–water partition coefficient (Wildman–Crippen LogP) is 8.23. The van der Waals surface area contributed by atoms with Crippen LogP contribution in [0.4, 0.5) is 10.7 Å². The van der Waals surface area contributed by atoms with Crippen molar-refractivity contribution < 1.29 is 19.1 Å². The van der Waals surface area contributed by atoms with Crippen LogP contribution in [0.25, 0.3) is 0 Å². The van der Waals surface area contributed by atoms with Crippen LogP contribution in [0.2, 0.25) is 0 Å². The van der Waals surface area contributed by atoms with Gasteiger partial charge in [-0.15, -0.1) is 23.1 Å². The molecule has 1 heterocycles. The van der Waals surface area contributed by atoms with E-state index in [2.05, 4.69) is 10.6 Å². The first-order valence-electron chi connectivity index (χ1n) is 14.2. The van der Waals surface area contributed by atoms with Crippen LogP contribution in [0, 0.1) is 6.92 Å². The number of aryl methyl sites for hydroxylation is 2. The average molecular weight is 599 g/mol. The molecule has 0 saturated heterocycles. The lowest BCUT2D eigenvalue weighted by Gasteiger charge is -2.18. The molecule has 3 aromatic carbocycles. The molecule has 6 nitrogen and oxygen atoms in total. The summed E-state index contributed by atoms with van der Waals surface area (Å²) in [4.78, 5) is 41.9. The summed E-state index contributed by atoms with van der Waals surface area (Å²) < 4.78 is 5.42. The minimum atomic E-state index is -0.592. The van der Waals surface area contributed by atoms with E-state index in [1.807, 2.05) is 79.7 Å². The third-order valence-corrected chi connectivity index (χ3v) is 9.56. The van der Waals surface area contributed by atoms with Gasteiger partial charge >= 0.3 is 5.97 Å². The molecule has 0 saturated carbocycles. The Bertz CT molecular complexity index is 1580. The van der Waals surface area contributed by atoms with Crippen molar-refractivity contribution in [3.8, 4) is 0 Å². The highest BCUT2D eigenvalue weighted by Crippen LogP contribution is 2.41. The number of benzene rings is 3. The Hall–Kier alpha value is -3.88. The molecule has 1 atom stereocenters. The molecule has 1 unspecified atom stereocenters. The number of fused-ring (bicyclic) bond motifs is 1. The number of thiophene rings is 1. The van der Waals surface area contributed by atoms with Gasteiger partial charge in [-0.25, -0.2) is 4.79 Å². The van der Waals surface area contributed by atoms with Gasteiger partial charge < -0.3 is 15.4 Å². The Morgan fingerprint density at radius 2 is 1.69 bits per heavy atom. The molecular formula is C34H34N2O4S2. The van der Waals surface area contributed by atoms with Crippen LogP contribution in [0.5, 0.6) is 0 Å². The first-order chi connectivity index (χ1) is 20.4. The van der Waals surface area contributed by atoms with E-state index in [0.29, 0.717) is 21.8 Å². The van der Waals surface area contributed by atoms with Gasteiger partial charge in [-0.05, 0) is 81.0 Å². The van der Waals surface area contributed by atoms with Crippen LogP contribution in [0.15, 0.2) is 83.8 Å². The molecule has 4 aromatic rings. The zero-order chi connectivity index (χ0) is 29.5. The predicted molar refractivity (Wildman–Crippen MR) is 171 cm³/mol. The highest BCUT2D eigenvalue weighted by molar-refractivity contribution is 8.00. The van der Waals surface area contributed by atoms with E-state index in [1.165, 1.54) is 23.1 Å². The van der Waals surface area contributed by atoms with Gasteiger partial charge in [0, 0.05) is 21.0 Å². The van der Waals surface area contributed by atoms with Crippen LogP contribution in [-0.4, -0.2) is 24.4 Å². The van der Waals surface area contributed by atoms with Crippen molar-refractivity contribution in [2.24, 2.45) is 0 Å². The highest BCUT2D eigenvalue weighted by Gasteiger charge is 2.29. The summed E-state index contributed by atoms with van der Waals surface area (Å²) in [6.45, 7) is 4.02. The Labute approximate surface area is 254 Å². The topological polar surface area (TPSA) is 84.5 Å². The van der Waals surface area contributed by atoms with E-state index in [1.54, 1.807) is 13.0 Å². The smallest absolute Gasteiger partial charge is 0.341 e. The molecule has 216 valence electrons. The van der Waals surface area contributed by atoms with Crippen molar-refractivity contribution in [1.82, 2.24) is 0 Å². The fourth-order valence-electron chi connectivity index (χ4n) is 5.10. The number of amides is 2. The first kappa shape index (κ1) is 29.6. The lowest BCUT2D eigenvalue weighted by molar-refractivity contribution is -0.115. The van der Waals surface area contributed by atoms with E-state index in [9.17, 15) is 14.4 Å². The summed E-state index contributed by atoms with van der Waals surface area (Å²) in [5, 5.41) is 6.05. The van der Waals surface area contributed by atoms with Gasteiger partial charge in [-0.1, -0.05) is 60.5 Å². The van der Waals surface area contributed by atoms with Crippen LogP contribution < -0.4 is 10.6 Å². The summed E-state index contributed by atoms with van der Waals surface area (Å²) in [5.41, 5.74) is 4.60. The largest absolute Gasteiger partial charge is 0.462 e. The van der Waals surface area contributed by atoms with Gasteiger partial charge in [0.2, 0.25) is 5.91 Å². The molecule has 0 bridgehead atoms. The molecule has 0 radical (unpaired) electrons. The van der Waals surface area contributed by atoms with Gasteiger partial charge in [0.15, 0.2) is 0 Å². The number of esters is 1. The van der Waals surface area contributed by atoms with Crippen molar-refractivity contribution in [3.63, 3.8) is 0 Å². The third kappa shape index (κ3) is 7.12. The average Bonchev–Trinajstić information content (AvgIpc) is 3.16. The monoisotopic (exact) mass is 598 g/mol. The second-order valence-corrected chi connectivity index (χ2v) is 12.5. The Morgan fingerprint density at radius 3 is 2.48 bits per heavy atom. The molecule has 0 fully saturated rings. The van der Waals surface area contributed by atoms with Gasteiger partial charge in [-0.2, -0.15) is 0 Å². The number of anilines is 2. The maximum absolute atomic E-state index is 14.0. The van der Waals surface area contributed by atoms with E-state index in [0.717, 1.165) is 58.6 Å². The van der Waals surface area contributed by atoms with E-state index >= 15 is 0 Å². The van der Waals surface area contributed by atoms with Gasteiger partial charge in [0.25, 0.3) is 5.91 Å². The van der Waals surface area contributed by atoms with Gasteiger partial charge in [-0.3, -0.25) is 9.59 Å². The minimum absolute atomic E-state index is 0.192. The summed E-state index contributed by atoms with van der Waals surface area (Å²) in [7, 11) is 0. The number of nitrogens with one attached hydrogen (secondary N) is 2. The number of ether oxygens (including phenoxy) is 1. The molecule has 1 aliphatic carbocycles. The molecule has 2 N–H and O–H groups in total. The molecule has 42 heavy (non-hydrogen) atoms. The maximum atomic E-state index is 14.0. The Balaban J connectivity index is 1.41. The molecule has 8 heteroatoms. The number of thioether (sulfide) groups is 1. The van der Waals surface area contributed by atoms with Crippen LogP contribution in [0.3, 0.4) is 0 Å². The normalized spacial score (nSPS) is 13.4. The zero-order valence-electron chi connectivity index (χ0n) is 23.8. The second kappa shape index (κ2) is 13.9. The number of rotatable bonds is 9. The Morgan fingerprint density at radius 1 is 0.905 bits per heavy atom. The Kier molecular flexibility index (Phi) is 9.77. The summed E-state index contributed by atoms with van der Waals surface area (Å²) in [6.07, 6.45) is 4.93. The summed E-state index contributed by atoms with van der Waals surface area (Å²) in [5.74, 6) is -0.794. The summed E-state index contributed by atoms with van der Waals surface area (Å²) >= 11 is 2.89. The number of hydrogen-bond donors (Lipinski definition) is 2. The van der Waals surface area contributed by atoms with E-state index in [4.69, 9.17) is 4.74 Å². The number of hydrogen-bond acceptors (Lipinski definition) is 6. The van der Waals surface area contributed by atoms with Gasteiger partial charge in [0.05, 0.1) is 12.2 Å². The van der Waals surface area contributed by atoms with Crippen LogP contribution >= 0.6 is 23.1 Å². The zero-order valence-corrected chi connectivity index (χ0v) is 25.4. The van der Waals surface area contributed by atoms with E-state index < -0.39 is 5.25 Å². The lowest BCUT2D eigenvalue weighted by Crippen LogP contribution is -2.20. The fraction of sp³-hybridized carbons (Fsp3) is 0.265. The first-order valence-corrected chi connectivity index (χ1v) is 15.9. The molecule has 1 aromatic heterocycles. The third-order valence-electron chi connectivity index (χ3n) is 7.10. The minimum Gasteiger partial charge on any atom is -0.462 e.